The fourth-order valence-electron chi connectivity index (χ4n) is 2.55. The van der Waals surface area contributed by atoms with Gasteiger partial charge < -0.3 is 15.8 Å². The first-order chi connectivity index (χ1) is 12.0. The van der Waals surface area contributed by atoms with E-state index in [9.17, 15) is 9.18 Å². The number of ether oxygens (including phenoxy) is 1. The Balaban J connectivity index is 0.00000338. The highest BCUT2D eigenvalue weighted by Gasteiger charge is 2.32. The molecule has 0 bridgehead atoms. The SMILES string of the molecule is CCC(CC)(CN)C(=O)NCc1ccc(Oc2cccc(F)c2)nc1.Cl.Cl. The Bertz CT molecular complexity index is 702. The molecular formula is C19H26Cl2FN3O2. The quantitative estimate of drug-likeness (QED) is 0.673. The Morgan fingerprint density at radius 1 is 1.22 bits per heavy atom. The van der Waals surface area contributed by atoms with Crippen LogP contribution in [0.5, 0.6) is 11.6 Å². The molecule has 2 rings (SSSR count). The van der Waals surface area contributed by atoms with E-state index in [1.807, 2.05) is 19.9 Å². The van der Waals surface area contributed by atoms with Crippen LogP contribution in [0.4, 0.5) is 4.39 Å². The van der Waals surface area contributed by atoms with Crippen LogP contribution in [0, 0.1) is 11.2 Å². The zero-order valence-electron chi connectivity index (χ0n) is 15.4. The highest BCUT2D eigenvalue weighted by molar-refractivity contribution is 5.85. The average Bonchev–Trinajstić information content (AvgIpc) is 2.63. The van der Waals surface area contributed by atoms with Crippen molar-refractivity contribution in [1.82, 2.24) is 10.3 Å². The molecular weight excluding hydrogens is 392 g/mol. The first-order valence-corrected chi connectivity index (χ1v) is 8.39. The number of rotatable bonds is 8. The number of aromatic nitrogens is 1. The zero-order valence-corrected chi connectivity index (χ0v) is 17.0. The van der Waals surface area contributed by atoms with Gasteiger partial charge in [-0.05, 0) is 30.5 Å². The minimum atomic E-state index is -0.520. The lowest BCUT2D eigenvalue weighted by Gasteiger charge is -2.28. The van der Waals surface area contributed by atoms with Gasteiger partial charge in [-0.15, -0.1) is 24.8 Å². The van der Waals surface area contributed by atoms with Crippen molar-refractivity contribution in [3.8, 4) is 11.6 Å². The summed E-state index contributed by atoms with van der Waals surface area (Å²) in [5.41, 5.74) is 6.11. The van der Waals surface area contributed by atoms with Gasteiger partial charge >= 0.3 is 0 Å². The number of pyridine rings is 1. The Labute approximate surface area is 171 Å². The van der Waals surface area contributed by atoms with E-state index in [-0.39, 0.29) is 36.5 Å². The third kappa shape index (κ3) is 6.65. The summed E-state index contributed by atoms with van der Waals surface area (Å²) < 4.78 is 18.6. The molecule has 1 aromatic carbocycles. The summed E-state index contributed by atoms with van der Waals surface area (Å²) in [6.07, 6.45) is 3.02. The third-order valence-corrected chi connectivity index (χ3v) is 4.50. The van der Waals surface area contributed by atoms with Crippen LogP contribution in [0.1, 0.15) is 32.3 Å². The van der Waals surface area contributed by atoms with Crippen LogP contribution in [-0.4, -0.2) is 17.4 Å². The number of carbonyl (C=O) groups excluding carboxylic acids is 1. The van der Waals surface area contributed by atoms with Crippen molar-refractivity contribution in [2.24, 2.45) is 11.1 Å². The summed E-state index contributed by atoms with van der Waals surface area (Å²) in [6.45, 7) is 4.63. The lowest BCUT2D eigenvalue weighted by Crippen LogP contribution is -2.45. The number of benzene rings is 1. The molecule has 0 radical (unpaired) electrons. The summed E-state index contributed by atoms with van der Waals surface area (Å²) >= 11 is 0. The molecule has 8 heteroatoms. The smallest absolute Gasteiger partial charge is 0.227 e. The predicted molar refractivity (Wildman–Crippen MR) is 109 cm³/mol. The van der Waals surface area contributed by atoms with E-state index >= 15 is 0 Å². The molecule has 27 heavy (non-hydrogen) atoms. The van der Waals surface area contributed by atoms with Crippen molar-refractivity contribution in [2.75, 3.05) is 6.54 Å². The van der Waals surface area contributed by atoms with Crippen molar-refractivity contribution in [1.29, 1.82) is 0 Å². The average molecular weight is 418 g/mol. The number of halogens is 3. The van der Waals surface area contributed by atoms with E-state index in [4.69, 9.17) is 10.5 Å². The molecule has 0 aliphatic heterocycles. The Hall–Kier alpha value is -1.89. The Kier molecular flexibility index (Phi) is 10.9. The molecule has 0 aliphatic rings. The van der Waals surface area contributed by atoms with Crippen LogP contribution in [0.2, 0.25) is 0 Å². The number of nitrogens with two attached hydrogens (primary N) is 1. The number of hydrogen-bond donors (Lipinski definition) is 2. The minimum absolute atomic E-state index is 0. The fraction of sp³-hybridized carbons (Fsp3) is 0.368. The van der Waals surface area contributed by atoms with Gasteiger partial charge in [-0.2, -0.15) is 0 Å². The highest BCUT2D eigenvalue weighted by atomic mass is 35.5. The van der Waals surface area contributed by atoms with Crippen LogP contribution < -0.4 is 15.8 Å². The molecule has 2 aromatic rings. The summed E-state index contributed by atoms with van der Waals surface area (Å²) in [4.78, 5) is 16.6. The second-order valence-corrected chi connectivity index (χ2v) is 5.94. The summed E-state index contributed by atoms with van der Waals surface area (Å²) in [5.74, 6) is 0.332. The van der Waals surface area contributed by atoms with Gasteiger partial charge in [-0.1, -0.05) is 26.0 Å². The van der Waals surface area contributed by atoms with Crippen molar-refractivity contribution in [2.45, 2.75) is 33.2 Å². The van der Waals surface area contributed by atoms with Gasteiger partial charge in [0.1, 0.15) is 11.6 Å². The first-order valence-electron chi connectivity index (χ1n) is 8.39. The van der Waals surface area contributed by atoms with Crippen molar-refractivity contribution in [3.63, 3.8) is 0 Å². The molecule has 0 unspecified atom stereocenters. The van der Waals surface area contributed by atoms with Crippen LogP contribution >= 0.6 is 24.8 Å². The summed E-state index contributed by atoms with van der Waals surface area (Å²) in [5, 5.41) is 2.92. The Morgan fingerprint density at radius 2 is 1.93 bits per heavy atom. The molecule has 150 valence electrons. The number of hydrogen-bond acceptors (Lipinski definition) is 4. The van der Waals surface area contributed by atoms with Crippen LogP contribution in [-0.2, 0) is 11.3 Å². The van der Waals surface area contributed by atoms with E-state index < -0.39 is 5.41 Å². The van der Waals surface area contributed by atoms with Crippen LogP contribution in [0.25, 0.3) is 0 Å². The summed E-state index contributed by atoms with van der Waals surface area (Å²) in [6, 6.07) is 9.35. The number of nitrogens with zero attached hydrogens (tertiary/aromatic N) is 1. The van der Waals surface area contributed by atoms with E-state index in [1.165, 1.54) is 12.1 Å². The molecule has 5 nitrogen and oxygen atoms in total. The Morgan fingerprint density at radius 3 is 2.44 bits per heavy atom. The number of nitrogens with one attached hydrogen (secondary N) is 1. The van der Waals surface area contributed by atoms with Crippen molar-refractivity contribution >= 4 is 30.7 Å². The van der Waals surface area contributed by atoms with Crippen LogP contribution in [0.3, 0.4) is 0 Å². The molecule has 0 aliphatic carbocycles. The van der Waals surface area contributed by atoms with Gasteiger partial charge in [0, 0.05) is 31.4 Å². The van der Waals surface area contributed by atoms with Crippen molar-refractivity contribution < 1.29 is 13.9 Å². The maximum Gasteiger partial charge on any atom is 0.227 e. The lowest BCUT2D eigenvalue weighted by molar-refractivity contribution is -0.131. The third-order valence-electron chi connectivity index (χ3n) is 4.50. The minimum Gasteiger partial charge on any atom is -0.439 e. The summed E-state index contributed by atoms with van der Waals surface area (Å²) in [7, 11) is 0. The standard InChI is InChI=1S/C19H24FN3O2.2ClH/c1-3-19(4-2,13-21)18(24)23-12-14-8-9-17(22-11-14)25-16-7-5-6-15(20)10-16;;/h5-11H,3-4,12-13,21H2,1-2H3,(H,23,24);2*1H. The maximum atomic E-state index is 13.1. The fourth-order valence-corrected chi connectivity index (χ4v) is 2.55. The largest absolute Gasteiger partial charge is 0.439 e. The predicted octanol–water partition coefficient (Wildman–Crippen LogP) is 4.24. The second-order valence-electron chi connectivity index (χ2n) is 5.94. The molecule has 1 aromatic heterocycles. The monoisotopic (exact) mass is 417 g/mol. The first kappa shape index (κ1) is 25.1. The van der Waals surface area contributed by atoms with Gasteiger partial charge in [0.05, 0.1) is 5.41 Å². The molecule has 1 amide bonds. The second kappa shape index (κ2) is 11.7. The molecule has 0 saturated heterocycles. The molecule has 0 fully saturated rings. The molecule has 3 N–H and O–H groups in total. The lowest BCUT2D eigenvalue weighted by atomic mass is 9.81. The van der Waals surface area contributed by atoms with E-state index in [2.05, 4.69) is 10.3 Å². The number of amides is 1. The van der Waals surface area contributed by atoms with Crippen LogP contribution in [0.15, 0.2) is 42.6 Å². The van der Waals surface area contributed by atoms with E-state index in [0.717, 1.165) is 5.56 Å². The van der Waals surface area contributed by atoms with Gasteiger partial charge in [0.15, 0.2) is 0 Å². The normalized spacial score (nSPS) is 10.4. The maximum absolute atomic E-state index is 13.1. The highest BCUT2D eigenvalue weighted by Crippen LogP contribution is 2.25. The van der Waals surface area contributed by atoms with Gasteiger partial charge in [-0.3, -0.25) is 4.79 Å². The molecule has 0 atom stereocenters. The van der Waals surface area contributed by atoms with Crippen molar-refractivity contribution in [3.05, 3.63) is 54.0 Å². The van der Waals surface area contributed by atoms with Gasteiger partial charge in [0.25, 0.3) is 0 Å². The van der Waals surface area contributed by atoms with Gasteiger partial charge in [-0.25, -0.2) is 9.37 Å². The molecule has 0 saturated carbocycles. The molecule has 1 heterocycles. The molecule has 0 spiro atoms. The van der Waals surface area contributed by atoms with Gasteiger partial charge in [0.2, 0.25) is 11.8 Å². The van der Waals surface area contributed by atoms with E-state index in [0.29, 0.717) is 37.6 Å². The number of carbonyl (C=O) groups is 1. The van der Waals surface area contributed by atoms with E-state index in [1.54, 1.807) is 24.4 Å². The zero-order chi connectivity index (χ0) is 18.3. The topological polar surface area (TPSA) is 77.2 Å².